The van der Waals surface area contributed by atoms with E-state index in [0.29, 0.717) is 12.6 Å². The molecule has 1 saturated carbocycles. The monoisotopic (exact) mass is 235 g/mol. The number of aromatic hydroxyl groups is 1. The molecule has 1 aromatic rings. The molecule has 0 aliphatic heterocycles. The molecular weight excluding hydrogens is 214 g/mol. The van der Waals surface area contributed by atoms with Gasteiger partial charge in [-0.25, -0.2) is 0 Å². The van der Waals surface area contributed by atoms with Crippen LogP contribution in [0.25, 0.3) is 0 Å². The van der Waals surface area contributed by atoms with E-state index in [1.807, 2.05) is 19.1 Å². The van der Waals surface area contributed by atoms with Crippen LogP contribution in [0.5, 0.6) is 5.75 Å². The van der Waals surface area contributed by atoms with Gasteiger partial charge in [0.25, 0.3) is 0 Å². The van der Waals surface area contributed by atoms with Crippen LogP contribution in [0.4, 0.5) is 0 Å². The van der Waals surface area contributed by atoms with E-state index in [2.05, 4.69) is 5.32 Å². The number of phenols is 1. The van der Waals surface area contributed by atoms with Gasteiger partial charge in [0.15, 0.2) is 0 Å². The predicted octanol–water partition coefficient (Wildman–Crippen LogP) is 2.13. The minimum Gasteiger partial charge on any atom is -0.508 e. The first-order valence-electron chi connectivity index (χ1n) is 6.44. The molecule has 1 aromatic carbocycles. The summed E-state index contributed by atoms with van der Waals surface area (Å²) in [5, 5.41) is 23.1. The van der Waals surface area contributed by atoms with E-state index in [1.54, 1.807) is 6.07 Å². The average molecular weight is 235 g/mol. The fourth-order valence-corrected chi connectivity index (χ4v) is 2.10. The molecule has 0 spiro atoms. The number of aliphatic hydroxyl groups is 1. The molecule has 0 heterocycles. The van der Waals surface area contributed by atoms with E-state index in [-0.39, 0.29) is 5.75 Å². The van der Waals surface area contributed by atoms with Crippen molar-refractivity contribution in [3.8, 4) is 5.75 Å². The smallest absolute Gasteiger partial charge is 0.119 e. The zero-order valence-electron chi connectivity index (χ0n) is 10.3. The van der Waals surface area contributed by atoms with Crippen LogP contribution in [0.3, 0.4) is 0 Å². The SMILES string of the molecule is CCc1ccc(C(O)CNC2CCC2)cc1O. The highest BCUT2D eigenvalue weighted by atomic mass is 16.3. The Labute approximate surface area is 102 Å². The number of benzene rings is 1. The molecule has 94 valence electrons. The Kier molecular flexibility index (Phi) is 4.02. The van der Waals surface area contributed by atoms with E-state index < -0.39 is 6.10 Å². The summed E-state index contributed by atoms with van der Waals surface area (Å²) < 4.78 is 0. The van der Waals surface area contributed by atoms with Crippen molar-refractivity contribution in [2.75, 3.05) is 6.54 Å². The summed E-state index contributed by atoms with van der Waals surface area (Å²) >= 11 is 0. The van der Waals surface area contributed by atoms with Gasteiger partial charge in [-0.3, -0.25) is 0 Å². The normalized spacial score (nSPS) is 17.8. The number of hydrogen-bond donors (Lipinski definition) is 3. The molecule has 0 radical (unpaired) electrons. The van der Waals surface area contributed by atoms with Crippen molar-refractivity contribution in [1.82, 2.24) is 5.32 Å². The first kappa shape index (κ1) is 12.4. The first-order chi connectivity index (χ1) is 8.20. The fraction of sp³-hybridized carbons (Fsp3) is 0.571. The van der Waals surface area contributed by atoms with E-state index in [1.165, 1.54) is 19.3 Å². The maximum absolute atomic E-state index is 10.0. The van der Waals surface area contributed by atoms with Gasteiger partial charge in [0.2, 0.25) is 0 Å². The Morgan fingerprint density at radius 2 is 2.18 bits per heavy atom. The van der Waals surface area contributed by atoms with Crippen LogP contribution in [-0.2, 0) is 6.42 Å². The van der Waals surface area contributed by atoms with Crippen LogP contribution >= 0.6 is 0 Å². The first-order valence-corrected chi connectivity index (χ1v) is 6.44. The summed E-state index contributed by atoms with van der Waals surface area (Å²) in [7, 11) is 0. The molecule has 1 atom stereocenters. The van der Waals surface area contributed by atoms with E-state index in [9.17, 15) is 10.2 Å². The Morgan fingerprint density at radius 1 is 1.41 bits per heavy atom. The summed E-state index contributed by atoms with van der Waals surface area (Å²) in [6, 6.07) is 6.03. The quantitative estimate of drug-likeness (QED) is 0.733. The third kappa shape index (κ3) is 2.99. The second-order valence-electron chi connectivity index (χ2n) is 4.79. The van der Waals surface area contributed by atoms with Gasteiger partial charge >= 0.3 is 0 Å². The van der Waals surface area contributed by atoms with E-state index >= 15 is 0 Å². The Morgan fingerprint density at radius 3 is 2.71 bits per heavy atom. The molecular formula is C14H21NO2. The lowest BCUT2D eigenvalue weighted by atomic mass is 9.93. The van der Waals surface area contributed by atoms with Crippen LogP contribution in [0.15, 0.2) is 18.2 Å². The number of hydrogen-bond acceptors (Lipinski definition) is 3. The Bertz CT molecular complexity index is 374. The highest BCUT2D eigenvalue weighted by Gasteiger charge is 2.18. The zero-order valence-corrected chi connectivity index (χ0v) is 10.3. The van der Waals surface area contributed by atoms with Crippen molar-refractivity contribution in [3.63, 3.8) is 0 Å². The largest absolute Gasteiger partial charge is 0.508 e. The van der Waals surface area contributed by atoms with Crippen molar-refractivity contribution in [1.29, 1.82) is 0 Å². The van der Waals surface area contributed by atoms with Crippen LogP contribution in [0.1, 0.15) is 43.4 Å². The predicted molar refractivity (Wildman–Crippen MR) is 68.1 cm³/mol. The molecule has 1 unspecified atom stereocenters. The lowest BCUT2D eigenvalue weighted by molar-refractivity contribution is 0.161. The lowest BCUT2D eigenvalue weighted by Crippen LogP contribution is -2.37. The molecule has 1 aliphatic carbocycles. The van der Waals surface area contributed by atoms with Gasteiger partial charge in [-0.2, -0.15) is 0 Å². The molecule has 1 aliphatic rings. The van der Waals surface area contributed by atoms with Crippen molar-refractivity contribution in [3.05, 3.63) is 29.3 Å². The standard InChI is InChI=1S/C14H21NO2/c1-2-10-6-7-11(8-13(10)16)14(17)9-15-12-4-3-5-12/h6-8,12,14-17H,2-5,9H2,1H3. The van der Waals surface area contributed by atoms with Crippen molar-refractivity contribution in [2.24, 2.45) is 0 Å². The van der Waals surface area contributed by atoms with Crippen molar-refractivity contribution >= 4 is 0 Å². The summed E-state index contributed by atoms with van der Waals surface area (Å²) in [5.74, 6) is 0.285. The zero-order chi connectivity index (χ0) is 12.3. The summed E-state index contributed by atoms with van der Waals surface area (Å²) in [5.41, 5.74) is 1.71. The van der Waals surface area contributed by atoms with Gasteiger partial charge in [0.05, 0.1) is 6.10 Å². The molecule has 3 nitrogen and oxygen atoms in total. The van der Waals surface area contributed by atoms with Crippen LogP contribution in [-0.4, -0.2) is 22.8 Å². The third-order valence-corrected chi connectivity index (χ3v) is 3.58. The minimum atomic E-state index is -0.535. The van der Waals surface area contributed by atoms with Crippen LogP contribution in [0, 0.1) is 0 Å². The van der Waals surface area contributed by atoms with Gasteiger partial charge in [0, 0.05) is 12.6 Å². The van der Waals surface area contributed by atoms with E-state index in [4.69, 9.17) is 0 Å². The lowest BCUT2D eigenvalue weighted by Gasteiger charge is -2.27. The number of aliphatic hydroxyl groups excluding tert-OH is 1. The average Bonchev–Trinajstić information content (AvgIpc) is 2.26. The molecule has 3 N–H and O–H groups in total. The maximum atomic E-state index is 10.0. The van der Waals surface area contributed by atoms with Crippen LogP contribution < -0.4 is 5.32 Å². The third-order valence-electron chi connectivity index (χ3n) is 3.58. The van der Waals surface area contributed by atoms with Gasteiger partial charge < -0.3 is 15.5 Å². The fourth-order valence-electron chi connectivity index (χ4n) is 2.10. The van der Waals surface area contributed by atoms with Gasteiger partial charge in [-0.15, -0.1) is 0 Å². The molecule has 0 aromatic heterocycles. The second-order valence-corrected chi connectivity index (χ2v) is 4.79. The molecule has 0 bridgehead atoms. The summed E-state index contributed by atoms with van der Waals surface area (Å²) in [4.78, 5) is 0. The highest BCUT2D eigenvalue weighted by molar-refractivity contribution is 5.37. The molecule has 3 heteroatoms. The summed E-state index contributed by atoms with van der Waals surface area (Å²) in [6.45, 7) is 2.57. The van der Waals surface area contributed by atoms with Crippen molar-refractivity contribution in [2.45, 2.75) is 44.8 Å². The number of nitrogens with one attached hydrogen (secondary N) is 1. The topological polar surface area (TPSA) is 52.5 Å². The second kappa shape index (κ2) is 5.52. The van der Waals surface area contributed by atoms with Gasteiger partial charge in [-0.1, -0.05) is 25.5 Å². The Hall–Kier alpha value is -1.06. The molecule has 17 heavy (non-hydrogen) atoms. The van der Waals surface area contributed by atoms with Gasteiger partial charge in [0.1, 0.15) is 5.75 Å². The van der Waals surface area contributed by atoms with Gasteiger partial charge in [-0.05, 0) is 36.5 Å². The maximum Gasteiger partial charge on any atom is 0.119 e. The highest BCUT2D eigenvalue weighted by Crippen LogP contribution is 2.24. The summed E-state index contributed by atoms with van der Waals surface area (Å²) in [6.07, 6.45) is 3.99. The number of phenolic OH excluding ortho intramolecular Hbond substituents is 1. The van der Waals surface area contributed by atoms with Crippen LogP contribution in [0.2, 0.25) is 0 Å². The Balaban J connectivity index is 1.93. The molecule has 0 amide bonds. The minimum absolute atomic E-state index is 0.285. The molecule has 2 rings (SSSR count). The van der Waals surface area contributed by atoms with E-state index in [0.717, 1.165) is 17.5 Å². The number of rotatable bonds is 5. The molecule has 0 saturated heterocycles. The molecule has 1 fully saturated rings. The van der Waals surface area contributed by atoms with Crippen molar-refractivity contribution < 1.29 is 10.2 Å². The number of aryl methyl sites for hydroxylation is 1.